The molecule has 3 unspecified atom stereocenters. The highest BCUT2D eigenvalue weighted by Crippen LogP contribution is 2.22. The zero-order valence-electron chi connectivity index (χ0n) is 16.1. The molecule has 7 heteroatoms. The van der Waals surface area contributed by atoms with Gasteiger partial charge in [-0.15, -0.1) is 10.2 Å². The van der Waals surface area contributed by atoms with E-state index in [1.54, 1.807) is 6.33 Å². The Morgan fingerprint density at radius 1 is 1.20 bits per heavy atom. The molecule has 3 rings (SSSR count). The first-order valence-corrected chi connectivity index (χ1v) is 9.52. The van der Waals surface area contributed by atoms with E-state index < -0.39 is 0 Å². The van der Waals surface area contributed by atoms with Gasteiger partial charge in [0, 0.05) is 46.3 Å². The third kappa shape index (κ3) is 4.39. The summed E-state index contributed by atoms with van der Waals surface area (Å²) in [5, 5.41) is 8.21. The van der Waals surface area contributed by atoms with Gasteiger partial charge in [0.05, 0.1) is 12.6 Å². The summed E-state index contributed by atoms with van der Waals surface area (Å²) in [5.74, 6) is 2.54. The third-order valence-corrected chi connectivity index (χ3v) is 5.66. The average Bonchev–Trinajstić information content (AvgIpc) is 3.00. The predicted octanol–water partition coefficient (Wildman–Crippen LogP) is 0.998. The monoisotopic (exact) mass is 348 g/mol. The zero-order chi connectivity index (χ0) is 18.0. The lowest BCUT2D eigenvalue weighted by atomic mass is 9.92. The minimum absolute atomic E-state index is 0.258. The molecular formula is C18H32N6O. The van der Waals surface area contributed by atoms with Crippen molar-refractivity contribution >= 4 is 5.91 Å². The summed E-state index contributed by atoms with van der Waals surface area (Å²) in [4.78, 5) is 19.5. The molecule has 1 aromatic rings. The van der Waals surface area contributed by atoms with Crippen LogP contribution in [0, 0.1) is 11.8 Å². The SMILES string of the molecule is CC1CC(C)CN(C(=O)CN2CCN(C(C)c3nncn3C)CC2)C1. The summed E-state index contributed by atoms with van der Waals surface area (Å²) < 4.78 is 1.99. The van der Waals surface area contributed by atoms with Gasteiger partial charge in [0.2, 0.25) is 5.91 Å². The van der Waals surface area contributed by atoms with E-state index in [0.29, 0.717) is 24.3 Å². The molecule has 1 aromatic heterocycles. The van der Waals surface area contributed by atoms with E-state index >= 15 is 0 Å². The number of carbonyl (C=O) groups is 1. The quantitative estimate of drug-likeness (QED) is 0.812. The molecule has 0 bridgehead atoms. The second kappa shape index (κ2) is 7.83. The van der Waals surface area contributed by atoms with Crippen LogP contribution in [0.25, 0.3) is 0 Å². The zero-order valence-corrected chi connectivity index (χ0v) is 16.1. The van der Waals surface area contributed by atoms with E-state index in [1.807, 2.05) is 11.6 Å². The molecule has 25 heavy (non-hydrogen) atoms. The highest BCUT2D eigenvalue weighted by atomic mass is 16.2. The Hall–Kier alpha value is -1.47. The second-order valence-electron chi connectivity index (χ2n) is 8.03. The van der Waals surface area contributed by atoms with Crippen LogP contribution in [0.1, 0.15) is 39.1 Å². The lowest BCUT2D eigenvalue weighted by molar-refractivity contribution is -0.135. The summed E-state index contributed by atoms with van der Waals surface area (Å²) in [6.45, 7) is 12.9. The van der Waals surface area contributed by atoms with Crippen LogP contribution >= 0.6 is 0 Å². The fourth-order valence-corrected chi connectivity index (χ4v) is 4.30. The van der Waals surface area contributed by atoms with Crippen LogP contribution in [-0.4, -0.2) is 81.2 Å². The van der Waals surface area contributed by atoms with E-state index in [4.69, 9.17) is 0 Å². The molecule has 140 valence electrons. The molecule has 3 atom stereocenters. The summed E-state index contributed by atoms with van der Waals surface area (Å²) in [6, 6.07) is 0.258. The van der Waals surface area contributed by atoms with Crippen LogP contribution in [0.15, 0.2) is 6.33 Å². The Bertz CT molecular complexity index is 570. The maximum Gasteiger partial charge on any atom is 0.236 e. The standard InChI is InChI=1S/C18H32N6O/c1-14-9-15(2)11-24(10-14)17(25)12-22-5-7-23(8-6-22)16(3)18-20-19-13-21(18)4/h13-16H,5-12H2,1-4H3. The Labute approximate surface area is 151 Å². The topological polar surface area (TPSA) is 57.5 Å². The minimum atomic E-state index is 0.258. The fourth-order valence-electron chi connectivity index (χ4n) is 4.30. The van der Waals surface area contributed by atoms with Gasteiger partial charge < -0.3 is 9.47 Å². The number of amides is 1. The molecule has 0 aliphatic carbocycles. The van der Waals surface area contributed by atoms with E-state index in [2.05, 4.69) is 45.7 Å². The molecule has 0 aromatic carbocycles. The first kappa shape index (κ1) is 18.3. The van der Waals surface area contributed by atoms with E-state index in [1.165, 1.54) is 6.42 Å². The summed E-state index contributed by atoms with van der Waals surface area (Å²) in [7, 11) is 1.99. The van der Waals surface area contributed by atoms with Crippen molar-refractivity contribution in [1.29, 1.82) is 0 Å². The summed E-state index contributed by atoms with van der Waals surface area (Å²) in [5.41, 5.74) is 0. The number of carbonyl (C=O) groups excluding carboxylic acids is 1. The predicted molar refractivity (Wildman–Crippen MR) is 97.0 cm³/mol. The number of hydrogen-bond donors (Lipinski definition) is 0. The molecule has 2 aliphatic rings. The van der Waals surface area contributed by atoms with Crippen molar-refractivity contribution in [2.75, 3.05) is 45.8 Å². The van der Waals surface area contributed by atoms with Gasteiger partial charge in [-0.05, 0) is 25.2 Å². The highest BCUT2D eigenvalue weighted by molar-refractivity contribution is 5.78. The van der Waals surface area contributed by atoms with Crippen LogP contribution in [0.4, 0.5) is 0 Å². The Kier molecular flexibility index (Phi) is 5.74. The average molecular weight is 348 g/mol. The van der Waals surface area contributed by atoms with E-state index in [9.17, 15) is 4.79 Å². The lowest BCUT2D eigenvalue weighted by Gasteiger charge is -2.39. The summed E-state index contributed by atoms with van der Waals surface area (Å²) >= 11 is 0. The molecule has 0 saturated carbocycles. The normalized spacial score (nSPS) is 27.4. The van der Waals surface area contributed by atoms with Gasteiger partial charge in [0.25, 0.3) is 0 Å². The van der Waals surface area contributed by atoms with Crippen LogP contribution in [0.2, 0.25) is 0 Å². The Balaban J connectivity index is 1.47. The van der Waals surface area contributed by atoms with Gasteiger partial charge >= 0.3 is 0 Å². The third-order valence-electron chi connectivity index (χ3n) is 5.66. The minimum Gasteiger partial charge on any atom is -0.341 e. The number of hydrogen-bond acceptors (Lipinski definition) is 5. The van der Waals surface area contributed by atoms with Crippen LogP contribution in [0.5, 0.6) is 0 Å². The van der Waals surface area contributed by atoms with Gasteiger partial charge in [-0.1, -0.05) is 13.8 Å². The smallest absolute Gasteiger partial charge is 0.236 e. The molecule has 2 saturated heterocycles. The Morgan fingerprint density at radius 3 is 2.40 bits per heavy atom. The maximum absolute atomic E-state index is 12.7. The van der Waals surface area contributed by atoms with Gasteiger partial charge in [0.1, 0.15) is 12.2 Å². The van der Waals surface area contributed by atoms with Crippen LogP contribution in [-0.2, 0) is 11.8 Å². The molecule has 7 nitrogen and oxygen atoms in total. The fraction of sp³-hybridized carbons (Fsp3) is 0.833. The number of piperidine rings is 1. The number of piperazine rings is 1. The van der Waals surface area contributed by atoms with Crippen LogP contribution in [0.3, 0.4) is 0 Å². The molecule has 2 aliphatic heterocycles. The lowest BCUT2D eigenvalue weighted by Crippen LogP contribution is -2.52. The van der Waals surface area contributed by atoms with Gasteiger partial charge in [0.15, 0.2) is 0 Å². The summed E-state index contributed by atoms with van der Waals surface area (Å²) in [6.07, 6.45) is 2.99. The molecule has 0 spiro atoms. The molecular weight excluding hydrogens is 316 g/mol. The van der Waals surface area contributed by atoms with Crippen molar-refractivity contribution in [2.24, 2.45) is 18.9 Å². The molecule has 1 amide bonds. The van der Waals surface area contributed by atoms with Crippen molar-refractivity contribution < 1.29 is 4.79 Å². The highest BCUT2D eigenvalue weighted by Gasteiger charge is 2.29. The molecule has 0 N–H and O–H groups in total. The van der Waals surface area contributed by atoms with Gasteiger partial charge in [-0.3, -0.25) is 14.6 Å². The number of aryl methyl sites for hydroxylation is 1. The number of rotatable bonds is 4. The van der Waals surface area contributed by atoms with Crippen molar-refractivity contribution in [3.05, 3.63) is 12.2 Å². The second-order valence-corrected chi connectivity index (χ2v) is 8.03. The maximum atomic E-state index is 12.7. The first-order valence-electron chi connectivity index (χ1n) is 9.52. The molecule has 0 radical (unpaired) electrons. The number of nitrogens with zero attached hydrogens (tertiary/aromatic N) is 6. The van der Waals surface area contributed by atoms with Crippen molar-refractivity contribution in [3.8, 4) is 0 Å². The van der Waals surface area contributed by atoms with Crippen LogP contribution < -0.4 is 0 Å². The van der Waals surface area contributed by atoms with Crippen molar-refractivity contribution in [2.45, 2.75) is 33.2 Å². The molecule has 3 heterocycles. The van der Waals surface area contributed by atoms with E-state index in [-0.39, 0.29) is 6.04 Å². The number of aromatic nitrogens is 3. The van der Waals surface area contributed by atoms with Gasteiger partial charge in [-0.25, -0.2) is 0 Å². The largest absolute Gasteiger partial charge is 0.341 e. The van der Waals surface area contributed by atoms with Gasteiger partial charge in [-0.2, -0.15) is 0 Å². The molecule has 2 fully saturated rings. The van der Waals surface area contributed by atoms with E-state index in [0.717, 1.165) is 45.1 Å². The number of likely N-dealkylation sites (tertiary alicyclic amines) is 1. The van der Waals surface area contributed by atoms with Crippen molar-refractivity contribution in [1.82, 2.24) is 29.5 Å². The Morgan fingerprint density at radius 2 is 1.84 bits per heavy atom. The first-order chi connectivity index (χ1) is 11.9. The van der Waals surface area contributed by atoms with Crippen molar-refractivity contribution in [3.63, 3.8) is 0 Å².